The average Bonchev–Trinajstić information content (AvgIpc) is 2.92. The highest BCUT2D eigenvalue weighted by Crippen LogP contribution is 2.31. The van der Waals surface area contributed by atoms with Gasteiger partial charge in [-0.05, 0) is 19.1 Å². The molecular formula is C13H9NO4. The molecule has 5 heteroatoms. The molecule has 0 aliphatic rings. The minimum absolute atomic E-state index is 0.109. The van der Waals surface area contributed by atoms with Crippen LogP contribution < -0.4 is 0 Å². The zero-order valence-electron chi connectivity index (χ0n) is 9.51. The van der Waals surface area contributed by atoms with E-state index in [2.05, 4.69) is 5.16 Å². The number of aryl methyl sites for hydroxylation is 1. The summed E-state index contributed by atoms with van der Waals surface area (Å²) in [6.07, 6.45) is 0. The third-order valence-corrected chi connectivity index (χ3v) is 2.68. The van der Waals surface area contributed by atoms with Gasteiger partial charge in [-0.3, -0.25) is 0 Å². The molecule has 90 valence electrons. The van der Waals surface area contributed by atoms with E-state index in [1.807, 2.05) is 31.2 Å². The first-order chi connectivity index (χ1) is 8.65. The fourth-order valence-electron chi connectivity index (χ4n) is 1.91. The molecule has 2 heterocycles. The van der Waals surface area contributed by atoms with Crippen LogP contribution in [0.2, 0.25) is 0 Å². The lowest BCUT2D eigenvalue weighted by Gasteiger charge is -1.95. The fourth-order valence-corrected chi connectivity index (χ4v) is 1.91. The van der Waals surface area contributed by atoms with Gasteiger partial charge in [0.05, 0.1) is 0 Å². The van der Waals surface area contributed by atoms with Crippen LogP contribution in [0.15, 0.2) is 39.3 Å². The van der Waals surface area contributed by atoms with Crippen molar-refractivity contribution in [3.8, 4) is 11.3 Å². The number of hydrogen-bond donors (Lipinski definition) is 1. The van der Waals surface area contributed by atoms with Gasteiger partial charge in [-0.1, -0.05) is 17.3 Å². The molecule has 2 aromatic heterocycles. The lowest BCUT2D eigenvalue weighted by Crippen LogP contribution is -1.94. The molecule has 0 atom stereocenters. The van der Waals surface area contributed by atoms with Crippen molar-refractivity contribution in [1.82, 2.24) is 5.16 Å². The zero-order valence-corrected chi connectivity index (χ0v) is 9.51. The summed E-state index contributed by atoms with van der Waals surface area (Å²) in [5, 5.41) is 13.2. The lowest BCUT2D eigenvalue weighted by molar-refractivity contribution is 0.0686. The van der Waals surface area contributed by atoms with Crippen LogP contribution >= 0.6 is 0 Å². The van der Waals surface area contributed by atoms with Gasteiger partial charge in [0, 0.05) is 17.0 Å². The average molecular weight is 243 g/mol. The van der Waals surface area contributed by atoms with E-state index in [4.69, 9.17) is 14.0 Å². The van der Waals surface area contributed by atoms with E-state index in [9.17, 15) is 4.79 Å². The Morgan fingerprint density at radius 1 is 1.33 bits per heavy atom. The Morgan fingerprint density at radius 2 is 2.17 bits per heavy atom. The van der Waals surface area contributed by atoms with Gasteiger partial charge in [-0.15, -0.1) is 0 Å². The molecule has 0 aliphatic heterocycles. The summed E-state index contributed by atoms with van der Waals surface area (Å²) in [6, 6.07) is 8.79. The minimum Gasteiger partial charge on any atom is -0.476 e. The van der Waals surface area contributed by atoms with E-state index >= 15 is 0 Å². The number of furan rings is 1. The number of fused-ring (bicyclic) bond motifs is 1. The molecule has 0 unspecified atom stereocenters. The van der Waals surface area contributed by atoms with Crippen molar-refractivity contribution in [2.45, 2.75) is 6.92 Å². The number of benzene rings is 1. The molecule has 1 aromatic carbocycles. The van der Waals surface area contributed by atoms with E-state index in [-0.39, 0.29) is 5.69 Å². The van der Waals surface area contributed by atoms with Crippen molar-refractivity contribution >= 4 is 16.9 Å². The molecule has 3 aromatic rings. The predicted octanol–water partition coefficient (Wildman–Crippen LogP) is 3.09. The highest BCUT2D eigenvalue weighted by Gasteiger charge is 2.15. The van der Waals surface area contributed by atoms with Crippen molar-refractivity contribution in [2.24, 2.45) is 0 Å². The van der Waals surface area contributed by atoms with E-state index < -0.39 is 5.97 Å². The van der Waals surface area contributed by atoms with E-state index in [1.54, 1.807) is 0 Å². The number of carbonyl (C=O) groups is 1. The third kappa shape index (κ3) is 1.57. The number of aromatic carboxylic acids is 1. The Bertz CT molecular complexity index is 738. The van der Waals surface area contributed by atoms with Crippen molar-refractivity contribution in [3.63, 3.8) is 0 Å². The Labute approximate surface area is 102 Å². The van der Waals surface area contributed by atoms with Gasteiger partial charge in [0.15, 0.2) is 11.5 Å². The van der Waals surface area contributed by atoms with Gasteiger partial charge < -0.3 is 14.0 Å². The SMILES string of the molecule is Cc1cc2c(-c3cc(C(=O)O)no3)cccc2o1. The first kappa shape index (κ1) is 10.6. The molecule has 18 heavy (non-hydrogen) atoms. The maximum Gasteiger partial charge on any atom is 0.358 e. The second kappa shape index (κ2) is 3.73. The molecule has 0 spiro atoms. The van der Waals surface area contributed by atoms with Crippen LogP contribution in [-0.2, 0) is 0 Å². The molecule has 0 amide bonds. The summed E-state index contributed by atoms with van der Waals surface area (Å²) in [7, 11) is 0. The molecule has 0 bridgehead atoms. The monoisotopic (exact) mass is 243 g/mol. The number of rotatable bonds is 2. The summed E-state index contributed by atoms with van der Waals surface area (Å²) in [4.78, 5) is 10.8. The Balaban J connectivity index is 2.21. The minimum atomic E-state index is -1.11. The maximum absolute atomic E-state index is 10.8. The topological polar surface area (TPSA) is 76.5 Å². The molecule has 1 N–H and O–H groups in total. The van der Waals surface area contributed by atoms with Crippen molar-refractivity contribution in [2.75, 3.05) is 0 Å². The van der Waals surface area contributed by atoms with Crippen molar-refractivity contribution < 1.29 is 18.8 Å². The number of aromatic nitrogens is 1. The summed E-state index contributed by atoms with van der Waals surface area (Å²) < 4.78 is 10.6. The van der Waals surface area contributed by atoms with Gasteiger partial charge >= 0.3 is 5.97 Å². The zero-order chi connectivity index (χ0) is 12.7. The van der Waals surface area contributed by atoms with Crippen molar-refractivity contribution in [3.05, 3.63) is 41.8 Å². The third-order valence-electron chi connectivity index (χ3n) is 2.68. The second-order valence-electron chi connectivity index (χ2n) is 3.96. The van der Waals surface area contributed by atoms with E-state index in [0.29, 0.717) is 5.76 Å². The first-order valence-corrected chi connectivity index (χ1v) is 5.35. The quantitative estimate of drug-likeness (QED) is 0.748. The normalized spacial score (nSPS) is 10.9. The number of carboxylic acid groups (broad SMARTS) is 1. The summed E-state index contributed by atoms with van der Waals surface area (Å²) >= 11 is 0. The van der Waals surface area contributed by atoms with Crippen LogP contribution in [-0.4, -0.2) is 16.2 Å². The van der Waals surface area contributed by atoms with Gasteiger partial charge in [0.25, 0.3) is 0 Å². The molecule has 0 saturated heterocycles. The summed E-state index contributed by atoms with van der Waals surface area (Å²) in [5.74, 6) is 0.0924. The highest BCUT2D eigenvalue weighted by molar-refractivity contribution is 5.94. The van der Waals surface area contributed by atoms with Crippen LogP contribution in [0, 0.1) is 6.92 Å². The number of hydrogen-bond acceptors (Lipinski definition) is 4. The van der Waals surface area contributed by atoms with E-state index in [0.717, 1.165) is 22.3 Å². The van der Waals surface area contributed by atoms with Gasteiger partial charge in [-0.25, -0.2) is 4.79 Å². The number of nitrogens with zero attached hydrogens (tertiary/aromatic N) is 1. The Morgan fingerprint density at radius 3 is 2.89 bits per heavy atom. The van der Waals surface area contributed by atoms with Crippen LogP contribution in [0.5, 0.6) is 0 Å². The molecular weight excluding hydrogens is 234 g/mol. The molecule has 0 aliphatic carbocycles. The smallest absolute Gasteiger partial charge is 0.358 e. The van der Waals surface area contributed by atoms with Crippen LogP contribution in [0.1, 0.15) is 16.2 Å². The highest BCUT2D eigenvalue weighted by atomic mass is 16.5. The Hall–Kier alpha value is -2.56. The standard InChI is InChI=1S/C13H9NO4/c1-7-5-9-8(3-2-4-11(9)17-7)12-6-10(13(15)16)14-18-12/h2-6H,1H3,(H,15,16). The van der Waals surface area contributed by atoms with Gasteiger partial charge in [0.2, 0.25) is 0 Å². The van der Waals surface area contributed by atoms with Crippen LogP contribution in [0.3, 0.4) is 0 Å². The largest absolute Gasteiger partial charge is 0.476 e. The van der Waals surface area contributed by atoms with Gasteiger partial charge in [0.1, 0.15) is 11.3 Å². The molecule has 0 fully saturated rings. The van der Waals surface area contributed by atoms with E-state index in [1.165, 1.54) is 6.07 Å². The first-order valence-electron chi connectivity index (χ1n) is 5.35. The van der Waals surface area contributed by atoms with Crippen LogP contribution in [0.4, 0.5) is 0 Å². The Kier molecular flexibility index (Phi) is 2.19. The molecule has 0 radical (unpaired) electrons. The molecule has 3 rings (SSSR count). The summed E-state index contributed by atoms with van der Waals surface area (Å²) in [6.45, 7) is 1.85. The maximum atomic E-state index is 10.8. The van der Waals surface area contributed by atoms with Crippen LogP contribution in [0.25, 0.3) is 22.3 Å². The fraction of sp³-hybridized carbons (Fsp3) is 0.0769. The lowest BCUT2D eigenvalue weighted by atomic mass is 10.1. The predicted molar refractivity (Wildman–Crippen MR) is 63.4 cm³/mol. The second-order valence-corrected chi connectivity index (χ2v) is 3.96. The van der Waals surface area contributed by atoms with Gasteiger partial charge in [-0.2, -0.15) is 0 Å². The molecule has 5 nitrogen and oxygen atoms in total. The van der Waals surface area contributed by atoms with Crippen molar-refractivity contribution in [1.29, 1.82) is 0 Å². The molecule has 0 saturated carbocycles. The summed E-state index contributed by atoms with van der Waals surface area (Å²) in [5.41, 5.74) is 1.39. The number of carboxylic acids is 1.